The number of nitrogens with zero attached hydrogens (tertiary/aromatic N) is 3. The molecule has 2 aromatic carbocycles. The molecule has 1 aliphatic heterocycles. The largest absolute Gasteiger partial charge is 0.462 e. The Kier molecular flexibility index (Phi) is 7.09. The topological polar surface area (TPSA) is 74.8 Å². The van der Waals surface area contributed by atoms with Gasteiger partial charge in [0.25, 0.3) is 0 Å². The number of fused-ring (bicyclic) bond motifs is 1. The van der Waals surface area contributed by atoms with Crippen molar-refractivity contribution in [3.8, 4) is 0 Å². The first-order valence-electron chi connectivity index (χ1n) is 12.4. The summed E-state index contributed by atoms with van der Waals surface area (Å²) in [7, 11) is 0. The summed E-state index contributed by atoms with van der Waals surface area (Å²) in [6.45, 7) is 3.19. The number of rotatable bonds is 6. The molecule has 1 aromatic heterocycles. The third-order valence-corrected chi connectivity index (χ3v) is 6.99. The molecule has 0 spiro atoms. The number of carbonyl (C=O) groups is 2. The van der Waals surface area contributed by atoms with E-state index in [0.29, 0.717) is 42.1 Å². The van der Waals surface area contributed by atoms with Gasteiger partial charge < -0.3 is 19.9 Å². The molecule has 3 aromatic rings. The van der Waals surface area contributed by atoms with E-state index in [1.54, 1.807) is 34.9 Å². The van der Waals surface area contributed by atoms with Crippen LogP contribution in [0.5, 0.6) is 0 Å². The highest BCUT2D eigenvalue weighted by Gasteiger charge is 2.38. The zero-order valence-corrected chi connectivity index (χ0v) is 21.4. The van der Waals surface area contributed by atoms with Gasteiger partial charge in [-0.25, -0.2) is 4.79 Å². The van der Waals surface area contributed by atoms with Crippen LogP contribution in [0.2, 0.25) is 5.02 Å². The van der Waals surface area contributed by atoms with Gasteiger partial charge in [-0.3, -0.25) is 9.78 Å². The van der Waals surface area contributed by atoms with E-state index < -0.39 is 17.7 Å². The second-order valence-corrected chi connectivity index (χ2v) is 9.81. The number of hydrogen-bond acceptors (Lipinski definition) is 6. The molecule has 2 heterocycles. The predicted octanol–water partition coefficient (Wildman–Crippen LogP) is 5.89. The van der Waals surface area contributed by atoms with Crippen LogP contribution in [0.4, 0.5) is 30.2 Å². The molecule has 1 saturated carbocycles. The number of aromatic nitrogens is 1. The van der Waals surface area contributed by atoms with E-state index in [0.717, 1.165) is 18.9 Å². The monoisotopic (exact) mass is 546 g/mol. The van der Waals surface area contributed by atoms with E-state index in [2.05, 4.69) is 10.3 Å². The first-order chi connectivity index (χ1) is 18.2. The van der Waals surface area contributed by atoms with Crippen LogP contribution >= 0.6 is 11.6 Å². The number of nitrogens with one attached hydrogen (secondary N) is 1. The molecule has 1 amide bonds. The van der Waals surface area contributed by atoms with Gasteiger partial charge in [-0.05, 0) is 56.2 Å². The van der Waals surface area contributed by atoms with Crippen molar-refractivity contribution in [2.75, 3.05) is 43.0 Å². The number of carbonyl (C=O) groups excluding carboxylic acids is 2. The molecule has 2 aliphatic rings. The van der Waals surface area contributed by atoms with Crippen LogP contribution in [0.1, 0.15) is 35.7 Å². The molecule has 0 atom stereocenters. The number of hydrogen-bond donors (Lipinski definition) is 1. The summed E-state index contributed by atoms with van der Waals surface area (Å²) in [6, 6.07) is 8.88. The third kappa shape index (κ3) is 5.36. The molecule has 2 fully saturated rings. The number of benzene rings is 2. The van der Waals surface area contributed by atoms with Crippen LogP contribution in [-0.4, -0.2) is 54.5 Å². The standard InChI is InChI=1S/C27H26ClF3N4O3/c1-2-38-26(37)20-15-32-22-7-5-17(28)13-19(22)24(20)33-18-6-8-23(21(14-18)27(29,30)31)34-9-11-35(12-10-34)25(36)16-3-4-16/h5-8,13-16H,2-4,9-12H2,1H3,(H,32,33). The number of piperazine rings is 1. The lowest BCUT2D eigenvalue weighted by atomic mass is 10.1. The van der Waals surface area contributed by atoms with Gasteiger partial charge in [0.15, 0.2) is 0 Å². The number of esters is 1. The molecule has 0 radical (unpaired) electrons. The minimum Gasteiger partial charge on any atom is -0.462 e. The summed E-state index contributed by atoms with van der Waals surface area (Å²) in [4.78, 5) is 32.7. The highest BCUT2D eigenvalue weighted by Crippen LogP contribution is 2.40. The Labute approximate surface area is 222 Å². The van der Waals surface area contributed by atoms with Crippen LogP contribution in [0.25, 0.3) is 10.9 Å². The fourth-order valence-electron chi connectivity index (χ4n) is 4.68. The normalized spacial score (nSPS) is 16.0. The second-order valence-electron chi connectivity index (χ2n) is 9.37. The smallest absolute Gasteiger partial charge is 0.418 e. The van der Waals surface area contributed by atoms with Crippen molar-refractivity contribution in [3.63, 3.8) is 0 Å². The third-order valence-electron chi connectivity index (χ3n) is 6.76. The Morgan fingerprint density at radius 3 is 2.50 bits per heavy atom. The molecule has 1 saturated heterocycles. The summed E-state index contributed by atoms with van der Waals surface area (Å²) in [5.74, 6) is -0.478. The Bertz CT molecular complexity index is 1390. The maximum Gasteiger partial charge on any atom is 0.418 e. The van der Waals surface area contributed by atoms with E-state index in [4.69, 9.17) is 16.3 Å². The summed E-state index contributed by atoms with van der Waals surface area (Å²) in [6.07, 6.45) is -1.51. The van der Waals surface area contributed by atoms with Crippen molar-refractivity contribution >= 4 is 51.4 Å². The van der Waals surface area contributed by atoms with E-state index in [1.807, 2.05) is 0 Å². The summed E-state index contributed by atoms with van der Waals surface area (Å²) < 4.78 is 47.8. The first-order valence-corrected chi connectivity index (χ1v) is 12.8. The minimum absolute atomic E-state index is 0.0508. The number of anilines is 3. The van der Waals surface area contributed by atoms with Crippen LogP contribution in [0, 0.1) is 5.92 Å². The Morgan fingerprint density at radius 1 is 1.11 bits per heavy atom. The summed E-state index contributed by atoms with van der Waals surface area (Å²) >= 11 is 6.18. The average Bonchev–Trinajstić information content (AvgIpc) is 3.74. The lowest BCUT2D eigenvalue weighted by molar-refractivity contribution is -0.137. The lowest BCUT2D eigenvalue weighted by Gasteiger charge is -2.37. The fourth-order valence-corrected chi connectivity index (χ4v) is 4.85. The molecule has 0 bridgehead atoms. The molecule has 200 valence electrons. The quantitative estimate of drug-likeness (QED) is 0.389. The molecular weight excluding hydrogens is 521 g/mol. The van der Waals surface area contributed by atoms with E-state index in [-0.39, 0.29) is 41.1 Å². The van der Waals surface area contributed by atoms with Gasteiger partial charge in [-0.15, -0.1) is 0 Å². The van der Waals surface area contributed by atoms with Crippen molar-refractivity contribution in [1.29, 1.82) is 0 Å². The number of amides is 1. The van der Waals surface area contributed by atoms with Crippen LogP contribution in [0.15, 0.2) is 42.6 Å². The SMILES string of the molecule is CCOC(=O)c1cnc2ccc(Cl)cc2c1Nc1ccc(N2CCN(C(=O)C3CC3)CC2)c(C(F)(F)F)c1. The van der Waals surface area contributed by atoms with Crippen molar-refractivity contribution in [2.24, 2.45) is 5.92 Å². The van der Waals surface area contributed by atoms with Gasteiger partial charge in [-0.1, -0.05) is 11.6 Å². The zero-order chi connectivity index (χ0) is 27.0. The first kappa shape index (κ1) is 26.1. The molecule has 5 rings (SSSR count). The molecule has 0 unspecified atom stereocenters. The van der Waals surface area contributed by atoms with Gasteiger partial charge in [0.1, 0.15) is 5.56 Å². The number of pyridine rings is 1. The number of halogens is 4. The van der Waals surface area contributed by atoms with Gasteiger partial charge in [0.05, 0.1) is 23.4 Å². The van der Waals surface area contributed by atoms with Crippen molar-refractivity contribution in [2.45, 2.75) is 25.9 Å². The second kappa shape index (κ2) is 10.3. The van der Waals surface area contributed by atoms with Crippen molar-refractivity contribution in [3.05, 3.63) is 58.7 Å². The van der Waals surface area contributed by atoms with Crippen LogP contribution in [0.3, 0.4) is 0 Å². The molecular formula is C27H26ClF3N4O3. The Morgan fingerprint density at radius 2 is 1.84 bits per heavy atom. The maximum atomic E-state index is 14.2. The summed E-state index contributed by atoms with van der Waals surface area (Å²) in [5, 5.41) is 3.85. The molecule has 38 heavy (non-hydrogen) atoms. The van der Waals surface area contributed by atoms with Gasteiger partial charge in [0, 0.05) is 60.1 Å². The number of ether oxygens (including phenoxy) is 1. The van der Waals surface area contributed by atoms with Crippen LogP contribution < -0.4 is 10.2 Å². The maximum absolute atomic E-state index is 14.2. The predicted molar refractivity (Wildman–Crippen MR) is 139 cm³/mol. The zero-order valence-electron chi connectivity index (χ0n) is 20.6. The van der Waals surface area contributed by atoms with Crippen molar-refractivity contribution in [1.82, 2.24) is 9.88 Å². The highest BCUT2D eigenvalue weighted by molar-refractivity contribution is 6.31. The van der Waals surface area contributed by atoms with Gasteiger partial charge in [0.2, 0.25) is 5.91 Å². The fraction of sp³-hybridized carbons (Fsp3) is 0.370. The van der Waals surface area contributed by atoms with E-state index in [9.17, 15) is 22.8 Å². The Hall–Kier alpha value is -3.53. The highest BCUT2D eigenvalue weighted by atomic mass is 35.5. The van der Waals surface area contributed by atoms with Crippen LogP contribution in [-0.2, 0) is 15.7 Å². The van der Waals surface area contributed by atoms with Gasteiger partial charge in [-0.2, -0.15) is 13.2 Å². The van der Waals surface area contributed by atoms with Gasteiger partial charge >= 0.3 is 12.1 Å². The van der Waals surface area contributed by atoms with E-state index >= 15 is 0 Å². The number of alkyl halides is 3. The molecule has 7 nitrogen and oxygen atoms in total. The van der Waals surface area contributed by atoms with Crippen molar-refractivity contribution < 1.29 is 27.5 Å². The van der Waals surface area contributed by atoms with E-state index in [1.165, 1.54) is 18.3 Å². The minimum atomic E-state index is -4.62. The Balaban J connectivity index is 1.48. The molecule has 1 aliphatic carbocycles. The summed E-state index contributed by atoms with van der Waals surface area (Å²) in [5.41, 5.74) is 0.228. The lowest BCUT2D eigenvalue weighted by Crippen LogP contribution is -2.49. The average molecular weight is 547 g/mol. The molecule has 11 heteroatoms. The molecule has 1 N–H and O–H groups in total.